The first-order chi connectivity index (χ1) is 9.55. The second-order valence-electron chi connectivity index (χ2n) is 4.39. The van der Waals surface area contributed by atoms with E-state index in [2.05, 4.69) is 10.4 Å². The fourth-order valence-electron chi connectivity index (χ4n) is 2.03. The van der Waals surface area contributed by atoms with Crippen LogP contribution in [0.1, 0.15) is 25.2 Å². The van der Waals surface area contributed by atoms with Crippen molar-refractivity contribution in [2.45, 2.75) is 33.4 Å². The number of halogens is 3. The number of aryl methyl sites for hydroxylation is 2. The highest BCUT2D eigenvalue weighted by Gasteiger charge is 2.14. The van der Waals surface area contributed by atoms with Crippen LogP contribution in [0.25, 0.3) is 0 Å². The standard InChI is InChI=1S/C14H16ClF2N3/c1-3-12-14(15)13(20(4-2)19-12)8-18-11-6-9(16)5-10(17)7-11/h5-7,18H,3-4,8H2,1-2H3. The molecule has 0 amide bonds. The highest BCUT2D eigenvalue weighted by Crippen LogP contribution is 2.23. The van der Waals surface area contributed by atoms with Crippen molar-refractivity contribution in [2.24, 2.45) is 0 Å². The molecule has 0 aliphatic carbocycles. The van der Waals surface area contributed by atoms with Gasteiger partial charge in [0, 0.05) is 18.3 Å². The summed E-state index contributed by atoms with van der Waals surface area (Å²) < 4.78 is 28.0. The zero-order valence-corrected chi connectivity index (χ0v) is 12.1. The van der Waals surface area contributed by atoms with Gasteiger partial charge in [0.15, 0.2) is 0 Å². The van der Waals surface area contributed by atoms with Crippen LogP contribution in [-0.4, -0.2) is 9.78 Å². The summed E-state index contributed by atoms with van der Waals surface area (Å²) in [6.45, 7) is 5.00. The van der Waals surface area contributed by atoms with Gasteiger partial charge in [0.2, 0.25) is 0 Å². The fraction of sp³-hybridized carbons (Fsp3) is 0.357. The number of hydrogen-bond acceptors (Lipinski definition) is 2. The minimum Gasteiger partial charge on any atom is -0.379 e. The Hall–Kier alpha value is -1.62. The third-order valence-corrected chi connectivity index (χ3v) is 3.45. The van der Waals surface area contributed by atoms with Gasteiger partial charge in [0.05, 0.1) is 23.0 Å². The highest BCUT2D eigenvalue weighted by atomic mass is 35.5. The molecule has 0 aliphatic rings. The molecular weight excluding hydrogens is 284 g/mol. The van der Waals surface area contributed by atoms with Crippen molar-refractivity contribution in [1.29, 1.82) is 0 Å². The summed E-state index contributed by atoms with van der Waals surface area (Å²) >= 11 is 6.27. The maximum atomic E-state index is 13.1. The molecule has 0 atom stereocenters. The minimum absolute atomic E-state index is 0.364. The number of nitrogens with one attached hydrogen (secondary N) is 1. The largest absolute Gasteiger partial charge is 0.379 e. The maximum Gasteiger partial charge on any atom is 0.128 e. The van der Waals surface area contributed by atoms with E-state index in [-0.39, 0.29) is 0 Å². The Morgan fingerprint density at radius 1 is 1.20 bits per heavy atom. The van der Waals surface area contributed by atoms with Crippen molar-refractivity contribution < 1.29 is 8.78 Å². The van der Waals surface area contributed by atoms with Crippen LogP contribution in [0.4, 0.5) is 14.5 Å². The summed E-state index contributed by atoms with van der Waals surface area (Å²) in [5.41, 5.74) is 2.02. The first kappa shape index (κ1) is 14.8. The predicted molar refractivity (Wildman–Crippen MR) is 76.0 cm³/mol. The fourth-order valence-corrected chi connectivity index (χ4v) is 2.36. The molecule has 3 nitrogen and oxygen atoms in total. The monoisotopic (exact) mass is 299 g/mol. The number of aromatic nitrogens is 2. The summed E-state index contributed by atoms with van der Waals surface area (Å²) in [6.07, 6.45) is 0.743. The van der Waals surface area contributed by atoms with Gasteiger partial charge in [-0.2, -0.15) is 5.10 Å². The van der Waals surface area contributed by atoms with E-state index in [9.17, 15) is 8.78 Å². The van der Waals surface area contributed by atoms with Crippen LogP contribution in [0, 0.1) is 11.6 Å². The van der Waals surface area contributed by atoms with Crippen molar-refractivity contribution in [3.63, 3.8) is 0 Å². The Morgan fingerprint density at radius 2 is 1.85 bits per heavy atom. The van der Waals surface area contributed by atoms with E-state index >= 15 is 0 Å². The van der Waals surface area contributed by atoms with Crippen LogP contribution in [0.15, 0.2) is 18.2 Å². The van der Waals surface area contributed by atoms with Crippen LogP contribution in [0.2, 0.25) is 5.02 Å². The summed E-state index contributed by atoms with van der Waals surface area (Å²) in [7, 11) is 0. The van der Waals surface area contributed by atoms with Crippen molar-refractivity contribution in [3.8, 4) is 0 Å². The molecule has 0 aliphatic heterocycles. The van der Waals surface area contributed by atoms with Gasteiger partial charge >= 0.3 is 0 Å². The average molecular weight is 300 g/mol. The lowest BCUT2D eigenvalue weighted by molar-refractivity contribution is 0.583. The summed E-state index contributed by atoms with van der Waals surface area (Å²) in [5, 5.41) is 7.97. The number of rotatable bonds is 5. The SMILES string of the molecule is CCc1nn(CC)c(CNc2cc(F)cc(F)c2)c1Cl. The molecule has 1 N–H and O–H groups in total. The normalized spacial score (nSPS) is 10.8. The zero-order chi connectivity index (χ0) is 14.7. The van der Waals surface area contributed by atoms with E-state index in [0.29, 0.717) is 23.8 Å². The maximum absolute atomic E-state index is 13.1. The first-order valence-electron chi connectivity index (χ1n) is 6.49. The van der Waals surface area contributed by atoms with Gasteiger partial charge in [-0.25, -0.2) is 8.78 Å². The molecule has 0 bridgehead atoms. The summed E-state index contributed by atoms with van der Waals surface area (Å²) in [5.74, 6) is -1.23. The predicted octanol–water partition coefficient (Wildman–Crippen LogP) is 4.01. The molecule has 6 heteroatoms. The van der Waals surface area contributed by atoms with E-state index in [1.807, 2.05) is 13.8 Å². The van der Waals surface area contributed by atoms with Gasteiger partial charge in [-0.05, 0) is 25.5 Å². The highest BCUT2D eigenvalue weighted by molar-refractivity contribution is 6.31. The Balaban J connectivity index is 2.20. The van der Waals surface area contributed by atoms with Gasteiger partial charge in [-0.15, -0.1) is 0 Å². The molecule has 0 radical (unpaired) electrons. The first-order valence-corrected chi connectivity index (χ1v) is 6.87. The van der Waals surface area contributed by atoms with Gasteiger partial charge in [0.1, 0.15) is 11.6 Å². The van der Waals surface area contributed by atoms with Crippen LogP contribution < -0.4 is 5.32 Å². The number of hydrogen-bond donors (Lipinski definition) is 1. The second kappa shape index (κ2) is 6.22. The Bertz CT molecular complexity index is 590. The second-order valence-corrected chi connectivity index (χ2v) is 4.77. The smallest absolute Gasteiger partial charge is 0.128 e. The van der Waals surface area contributed by atoms with Crippen LogP contribution in [0.3, 0.4) is 0 Å². The topological polar surface area (TPSA) is 29.9 Å². The molecule has 2 aromatic rings. The molecule has 1 aromatic heterocycles. The number of benzene rings is 1. The Morgan fingerprint density at radius 3 is 2.40 bits per heavy atom. The van der Waals surface area contributed by atoms with Gasteiger partial charge < -0.3 is 5.32 Å². The molecular formula is C14H16ClF2N3. The molecule has 0 spiro atoms. The number of nitrogens with zero attached hydrogens (tertiary/aromatic N) is 2. The van der Waals surface area contributed by atoms with E-state index < -0.39 is 11.6 Å². The molecule has 108 valence electrons. The van der Waals surface area contributed by atoms with Gasteiger partial charge in [-0.1, -0.05) is 18.5 Å². The van der Waals surface area contributed by atoms with Crippen LogP contribution >= 0.6 is 11.6 Å². The molecule has 2 rings (SSSR count). The van der Waals surface area contributed by atoms with E-state index in [0.717, 1.165) is 23.9 Å². The van der Waals surface area contributed by atoms with Crippen molar-refractivity contribution in [2.75, 3.05) is 5.32 Å². The van der Waals surface area contributed by atoms with E-state index in [1.54, 1.807) is 4.68 Å². The molecule has 1 aromatic carbocycles. The van der Waals surface area contributed by atoms with Gasteiger partial charge in [0.25, 0.3) is 0 Å². The third kappa shape index (κ3) is 3.10. The Labute approximate surface area is 121 Å². The molecule has 20 heavy (non-hydrogen) atoms. The summed E-state index contributed by atoms with van der Waals surface area (Å²) in [4.78, 5) is 0. The lowest BCUT2D eigenvalue weighted by atomic mass is 10.2. The van der Waals surface area contributed by atoms with Crippen LogP contribution in [-0.2, 0) is 19.5 Å². The molecule has 0 fully saturated rings. The lowest BCUT2D eigenvalue weighted by Crippen LogP contribution is -2.08. The third-order valence-electron chi connectivity index (χ3n) is 3.02. The van der Waals surface area contributed by atoms with E-state index in [4.69, 9.17) is 11.6 Å². The van der Waals surface area contributed by atoms with Gasteiger partial charge in [-0.3, -0.25) is 4.68 Å². The van der Waals surface area contributed by atoms with Crippen molar-refractivity contribution >= 4 is 17.3 Å². The van der Waals surface area contributed by atoms with Crippen molar-refractivity contribution in [3.05, 3.63) is 46.2 Å². The van der Waals surface area contributed by atoms with Crippen molar-refractivity contribution in [1.82, 2.24) is 9.78 Å². The summed E-state index contributed by atoms with van der Waals surface area (Å²) in [6, 6.07) is 3.32. The molecule has 0 saturated carbocycles. The average Bonchev–Trinajstić information content (AvgIpc) is 2.71. The lowest BCUT2D eigenvalue weighted by Gasteiger charge is -2.09. The number of anilines is 1. The zero-order valence-electron chi connectivity index (χ0n) is 11.4. The quantitative estimate of drug-likeness (QED) is 0.904. The Kier molecular flexibility index (Phi) is 4.60. The van der Waals surface area contributed by atoms with Crippen LogP contribution in [0.5, 0.6) is 0 Å². The molecule has 0 saturated heterocycles. The minimum atomic E-state index is -0.614. The molecule has 1 heterocycles. The van der Waals surface area contributed by atoms with E-state index in [1.165, 1.54) is 12.1 Å². The molecule has 0 unspecified atom stereocenters.